The molecule has 5 nitrogen and oxygen atoms in total. The van der Waals surface area contributed by atoms with Crippen LogP contribution in [0.4, 0.5) is 0 Å². The number of carboxylic acids is 1. The van der Waals surface area contributed by atoms with E-state index >= 15 is 0 Å². The van der Waals surface area contributed by atoms with E-state index < -0.39 is 12.0 Å². The average Bonchev–Trinajstić information content (AvgIpc) is 2.35. The van der Waals surface area contributed by atoms with Crippen LogP contribution in [0.2, 0.25) is 5.02 Å². The molecule has 0 saturated heterocycles. The number of aliphatic carboxylic acids is 1. The minimum absolute atomic E-state index is 0.0807. The molecule has 1 aromatic carbocycles. The minimum atomic E-state index is -0.960. The van der Waals surface area contributed by atoms with Crippen molar-refractivity contribution in [1.29, 1.82) is 0 Å². The summed E-state index contributed by atoms with van der Waals surface area (Å²) in [5, 5.41) is 9.32. The average molecular weight is 302 g/mol. The van der Waals surface area contributed by atoms with Gasteiger partial charge in [0, 0.05) is 6.04 Å². The first kappa shape index (κ1) is 16.6. The molecule has 0 aliphatic carbocycles. The van der Waals surface area contributed by atoms with Gasteiger partial charge in [0.2, 0.25) is 0 Å². The van der Waals surface area contributed by atoms with E-state index in [0.29, 0.717) is 22.1 Å². The highest BCUT2D eigenvalue weighted by molar-refractivity contribution is 6.33. The Bertz CT molecular complexity index is 502. The number of hydrogen-bond acceptors (Lipinski definition) is 4. The maximum Gasteiger partial charge on any atom is 0.305 e. The summed E-state index contributed by atoms with van der Waals surface area (Å²) < 4.78 is 10.5. The Morgan fingerprint density at radius 1 is 1.40 bits per heavy atom. The van der Waals surface area contributed by atoms with Crippen LogP contribution in [0.1, 0.15) is 43.4 Å². The number of carboxylic acid groups (broad SMARTS) is 1. The van der Waals surface area contributed by atoms with Gasteiger partial charge in [-0.25, -0.2) is 0 Å². The highest BCUT2D eigenvalue weighted by Crippen LogP contribution is 2.44. The van der Waals surface area contributed by atoms with Crippen LogP contribution in [0.3, 0.4) is 0 Å². The molecule has 3 N–H and O–H groups in total. The quantitative estimate of drug-likeness (QED) is 0.844. The Morgan fingerprint density at radius 2 is 2.00 bits per heavy atom. The van der Waals surface area contributed by atoms with Crippen LogP contribution in [0, 0.1) is 0 Å². The first-order chi connectivity index (χ1) is 9.33. The van der Waals surface area contributed by atoms with Gasteiger partial charge in [0.15, 0.2) is 11.5 Å². The Balaban J connectivity index is 3.48. The molecule has 0 heterocycles. The third-order valence-electron chi connectivity index (χ3n) is 3.05. The molecule has 0 aliphatic rings. The van der Waals surface area contributed by atoms with E-state index in [-0.39, 0.29) is 12.3 Å². The molecule has 0 fully saturated rings. The van der Waals surface area contributed by atoms with Crippen molar-refractivity contribution >= 4 is 17.6 Å². The number of rotatable bonds is 6. The molecule has 0 spiro atoms. The van der Waals surface area contributed by atoms with Gasteiger partial charge in [0.05, 0.1) is 25.7 Å². The van der Waals surface area contributed by atoms with Gasteiger partial charge in [-0.1, -0.05) is 25.4 Å². The van der Waals surface area contributed by atoms with E-state index in [2.05, 4.69) is 0 Å². The van der Waals surface area contributed by atoms with E-state index in [1.165, 1.54) is 14.2 Å². The number of benzene rings is 1. The standard InChI is InChI=1S/C14H20ClNO4/c1-7(2)12-8(9(16)6-11(17)18)5-10(19-3)14(20-4)13(12)15/h5,7,9H,6,16H2,1-4H3,(H,17,18). The summed E-state index contributed by atoms with van der Waals surface area (Å²) in [6.45, 7) is 3.92. The number of ether oxygens (including phenoxy) is 2. The largest absolute Gasteiger partial charge is 0.493 e. The van der Waals surface area contributed by atoms with Gasteiger partial charge in [0.1, 0.15) is 0 Å². The van der Waals surface area contributed by atoms with Crippen LogP contribution in [-0.2, 0) is 4.79 Å². The summed E-state index contributed by atoms with van der Waals surface area (Å²) in [5.41, 5.74) is 7.44. The fourth-order valence-electron chi connectivity index (χ4n) is 2.18. The molecule has 0 aliphatic heterocycles. The molecule has 1 aromatic rings. The summed E-state index contributed by atoms with van der Waals surface area (Å²) in [4.78, 5) is 10.9. The zero-order chi connectivity index (χ0) is 15.4. The zero-order valence-electron chi connectivity index (χ0n) is 12.1. The number of halogens is 1. The number of methoxy groups -OCH3 is 2. The normalized spacial score (nSPS) is 12.3. The number of nitrogens with two attached hydrogens (primary N) is 1. The lowest BCUT2D eigenvalue weighted by atomic mass is 9.91. The molecule has 0 saturated carbocycles. The van der Waals surface area contributed by atoms with Crippen molar-refractivity contribution in [3.8, 4) is 11.5 Å². The third-order valence-corrected chi connectivity index (χ3v) is 3.43. The van der Waals surface area contributed by atoms with Crippen LogP contribution < -0.4 is 15.2 Å². The molecule has 1 unspecified atom stereocenters. The lowest BCUT2D eigenvalue weighted by molar-refractivity contribution is -0.137. The second kappa shape index (κ2) is 6.81. The molecule has 112 valence electrons. The van der Waals surface area contributed by atoms with Gasteiger partial charge in [-0.3, -0.25) is 4.79 Å². The molecule has 0 bridgehead atoms. The van der Waals surface area contributed by atoms with Gasteiger partial charge in [-0.05, 0) is 23.1 Å². The number of carbonyl (C=O) groups is 1. The van der Waals surface area contributed by atoms with E-state index in [0.717, 1.165) is 5.56 Å². The predicted octanol–water partition coefficient (Wildman–Crippen LogP) is 2.96. The van der Waals surface area contributed by atoms with Crippen LogP contribution >= 0.6 is 11.6 Å². The van der Waals surface area contributed by atoms with Crippen LogP contribution in [0.25, 0.3) is 0 Å². The first-order valence-electron chi connectivity index (χ1n) is 6.25. The molecular weight excluding hydrogens is 282 g/mol. The smallest absolute Gasteiger partial charge is 0.305 e. The Labute approximate surface area is 123 Å². The fourth-order valence-corrected chi connectivity index (χ4v) is 2.67. The van der Waals surface area contributed by atoms with Crippen molar-refractivity contribution in [2.75, 3.05) is 14.2 Å². The van der Waals surface area contributed by atoms with Crippen LogP contribution in [-0.4, -0.2) is 25.3 Å². The van der Waals surface area contributed by atoms with E-state index in [1.807, 2.05) is 13.8 Å². The number of hydrogen-bond donors (Lipinski definition) is 2. The monoisotopic (exact) mass is 301 g/mol. The molecule has 0 aromatic heterocycles. The van der Waals surface area contributed by atoms with Crippen molar-refractivity contribution in [3.05, 3.63) is 22.2 Å². The SMILES string of the molecule is COc1cc(C(N)CC(=O)O)c(C(C)C)c(Cl)c1OC. The first-order valence-corrected chi connectivity index (χ1v) is 6.62. The minimum Gasteiger partial charge on any atom is -0.493 e. The molecule has 1 atom stereocenters. The van der Waals surface area contributed by atoms with Crippen molar-refractivity contribution in [3.63, 3.8) is 0 Å². The zero-order valence-corrected chi connectivity index (χ0v) is 12.8. The summed E-state index contributed by atoms with van der Waals surface area (Å²) >= 11 is 6.37. The second-order valence-electron chi connectivity index (χ2n) is 4.79. The highest BCUT2D eigenvalue weighted by Gasteiger charge is 2.24. The fraction of sp³-hybridized carbons (Fsp3) is 0.500. The van der Waals surface area contributed by atoms with Gasteiger partial charge in [0.25, 0.3) is 0 Å². The summed E-state index contributed by atoms with van der Waals surface area (Å²) in [5.74, 6) is -0.00264. The molecule has 0 amide bonds. The molecule has 6 heteroatoms. The van der Waals surface area contributed by atoms with Gasteiger partial charge in [-0.2, -0.15) is 0 Å². The molecule has 0 radical (unpaired) electrons. The van der Waals surface area contributed by atoms with E-state index in [9.17, 15) is 4.79 Å². The van der Waals surface area contributed by atoms with Crippen LogP contribution in [0.15, 0.2) is 6.07 Å². The van der Waals surface area contributed by atoms with Gasteiger partial charge in [-0.15, -0.1) is 0 Å². The topological polar surface area (TPSA) is 81.8 Å². The molecular formula is C14H20ClNO4. The van der Waals surface area contributed by atoms with E-state index in [1.54, 1.807) is 6.07 Å². The van der Waals surface area contributed by atoms with Crippen molar-refractivity contribution in [2.45, 2.75) is 32.2 Å². The maximum absolute atomic E-state index is 10.9. The lowest BCUT2D eigenvalue weighted by Crippen LogP contribution is -2.18. The highest BCUT2D eigenvalue weighted by atomic mass is 35.5. The summed E-state index contributed by atoms with van der Waals surface area (Å²) in [7, 11) is 3.00. The van der Waals surface area contributed by atoms with Gasteiger partial charge >= 0.3 is 5.97 Å². The predicted molar refractivity (Wildman–Crippen MR) is 77.8 cm³/mol. The van der Waals surface area contributed by atoms with Crippen molar-refractivity contribution in [2.24, 2.45) is 5.73 Å². The molecule has 20 heavy (non-hydrogen) atoms. The molecule has 1 rings (SSSR count). The third kappa shape index (κ3) is 3.35. The van der Waals surface area contributed by atoms with E-state index in [4.69, 9.17) is 31.9 Å². The van der Waals surface area contributed by atoms with Crippen LogP contribution in [0.5, 0.6) is 11.5 Å². The Kier molecular flexibility index (Phi) is 5.65. The van der Waals surface area contributed by atoms with Gasteiger partial charge < -0.3 is 20.3 Å². The summed E-state index contributed by atoms with van der Waals surface area (Å²) in [6, 6.07) is 1.05. The maximum atomic E-state index is 10.9. The Morgan fingerprint density at radius 3 is 2.40 bits per heavy atom. The Hall–Kier alpha value is -1.46. The lowest BCUT2D eigenvalue weighted by Gasteiger charge is -2.22. The summed E-state index contributed by atoms with van der Waals surface area (Å²) in [6.07, 6.45) is -0.175. The van der Waals surface area contributed by atoms with Crippen molar-refractivity contribution < 1.29 is 19.4 Å². The van der Waals surface area contributed by atoms with Crippen molar-refractivity contribution in [1.82, 2.24) is 0 Å². The second-order valence-corrected chi connectivity index (χ2v) is 5.17.